The van der Waals surface area contributed by atoms with Crippen molar-refractivity contribution in [1.29, 1.82) is 5.26 Å². The quantitative estimate of drug-likeness (QED) is 0.759. The minimum atomic E-state index is -0.331. The van der Waals surface area contributed by atoms with Gasteiger partial charge in [-0.25, -0.2) is 0 Å². The Bertz CT molecular complexity index is 419. The first-order valence-corrected chi connectivity index (χ1v) is 5.77. The number of fused-ring (bicyclic) bond motifs is 1. The summed E-state index contributed by atoms with van der Waals surface area (Å²) < 4.78 is 5.71. The van der Waals surface area contributed by atoms with Crippen molar-refractivity contribution >= 4 is 0 Å². The fourth-order valence-corrected chi connectivity index (χ4v) is 2.45. The van der Waals surface area contributed by atoms with E-state index < -0.39 is 0 Å². The molecule has 0 bridgehead atoms. The van der Waals surface area contributed by atoms with Crippen LogP contribution < -0.4 is 4.74 Å². The van der Waals surface area contributed by atoms with Gasteiger partial charge in [-0.2, -0.15) is 5.26 Å². The summed E-state index contributed by atoms with van der Waals surface area (Å²) in [5.41, 5.74) is 0.832. The highest BCUT2D eigenvalue weighted by atomic mass is 16.5. The Hall–Kier alpha value is -1.49. The second-order valence-electron chi connectivity index (χ2n) is 5.06. The van der Waals surface area contributed by atoms with Crippen molar-refractivity contribution in [2.24, 2.45) is 11.3 Å². The molecule has 0 aliphatic carbocycles. The standard InChI is InChI=1S/C14H17NO/c1-11(2)7-14(9-15)8-12-5-3-4-6-13(12)16-10-14/h3-6,11H,7-8,10H2,1-2H3. The van der Waals surface area contributed by atoms with Crippen LogP contribution in [0.1, 0.15) is 25.8 Å². The summed E-state index contributed by atoms with van der Waals surface area (Å²) in [5.74, 6) is 1.46. The minimum Gasteiger partial charge on any atom is -0.492 e. The summed E-state index contributed by atoms with van der Waals surface area (Å²) in [7, 11) is 0. The van der Waals surface area contributed by atoms with E-state index in [4.69, 9.17) is 4.74 Å². The summed E-state index contributed by atoms with van der Waals surface area (Å²) in [4.78, 5) is 0. The molecule has 0 radical (unpaired) electrons. The van der Waals surface area contributed by atoms with E-state index in [0.29, 0.717) is 12.5 Å². The lowest BCUT2D eigenvalue weighted by atomic mass is 9.76. The van der Waals surface area contributed by atoms with Gasteiger partial charge in [0, 0.05) is 0 Å². The number of nitrogens with zero attached hydrogens (tertiary/aromatic N) is 1. The molecule has 2 rings (SSSR count). The first-order chi connectivity index (χ1) is 7.65. The second-order valence-corrected chi connectivity index (χ2v) is 5.06. The first kappa shape index (κ1) is 11.0. The maximum Gasteiger partial charge on any atom is 0.122 e. The van der Waals surface area contributed by atoms with Crippen LogP contribution in [-0.4, -0.2) is 6.61 Å². The average molecular weight is 215 g/mol. The van der Waals surface area contributed by atoms with Crippen LogP contribution in [0.3, 0.4) is 0 Å². The van der Waals surface area contributed by atoms with Gasteiger partial charge in [-0.15, -0.1) is 0 Å². The van der Waals surface area contributed by atoms with Crippen LogP contribution in [0.5, 0.6) is 5.75 Å². The predicted molar refractivity (Wildman–Crippen MR) is 63.1 cm³/mol. The number of benzene rings is 1. The molecule has 16 heavy (non-hydrogen) atoms. The van der Waals surface area contributed by atoms with Crippen molar-refractivity contribution in [3.05, 3.63) is 29.8 Å². The molecule has 1 heterocycles. The zero-order valence-electron chi connectivity index (χ0n) is 9.86. The van der Waals surface area contributed by atoms with E-state index in [-0.39, 0.29) is 5.41 Å². The second kappa shape index (κ2) is 4.17. The van der Waals surface area contributed by atoms with Crippen LogP contribution in [0, 0.1) is 22.7 Å². The smallest absolute Gasteiger partial charge is 0.122 e. The monoisotopic (exact) mass is 215 g/mol. The van der Waals surface area contributed by atoms with Crippen LogP contribution in [-0.2, 0) is 6.42 Å². The fourth-order valence-electron chi connectivity index (χ4n) is 2.45. The average Bonchev–Trinajstić information content (AvgIpc) is 2.28. The Balaban J connectivity index is 2.26. The molecule has 0 amide bonds. The van der Waals surface area contributed by atoms with Crippen molar-refractivity contribution in [2.75, 3.05) is 6.61 Å². The molecule has 2 nitrogen and oxygen atoms in total. The molecule has 1 unspecified atom stereocenters. The SMILES string of the molecule is CC(C)CC1(C#N)COc2ccccc2C1. The molecule has 0 saturated heterocycles. The zero-order chi connectivity index (χ0) is 11.6. The van der Waals surface area contributed by atoms with E-state index in [1.54, 1.807) is 0 Å². The largest absolute Gasteiger partial charge is 0.492 e. The highest BCUT2D eigenvalue weighted by molar-refractivity contribution is 5.37. The van der Waals surface area contributed by atoms with E-state index >= 15 is 0 Å². The first-order valence-electron chi connectivity index (χ1n) is 5.77. The number of para-hydroxylation sites is 1. The molecular weight excluding hydrogens is 198 g/mol. The van der Waals surface area contributed by atoms with Crippen LogP contribution in [0.4, 0.5) is 0 Å². The van der Waals surface area contributed by atoms with Gasteiger partial charge < -0.3 is 4.74 Å². The highest BCUT2D eigenvalue weighted by Gasteiger charge is 2.36. The summed E-state index contributed by atoms with van der Waals surface area (Å²) in [6.45, 7) is 4.83. The number of rotatable bonds is 2. The van der Waals surface area contributed by atoms with Crippen LogP contribution in [0.25, 0.3) is 0 Å². The van der Waals surface area contributed by atoms with Gasteiger partial charge in [-0.05, 0) is 30.4 Å². The summed E-state index contributed by atoms with van der Waals surface area (Å²) in [6.07, 6.45) is 1.72. The van der Waals surface area contributed by atoms with Crippen LogP contribution in [0.2, 0.25) is 0 Å². The van der Waals surface area contributed by atoms with Crippen molar-refractivity contribution in [3.8, 4) is 11.8 Å². The molecule has 0 spiro atoms. The summed E-state index contributed by atoms with van der Waals surface area (Å²) >= 11 is 0. The Kier molecular flexibility index (Phi) is 2.87. The lowest BCUT2D eigenvalue weighted by molar-refractivity contribution is 0.146. The third-order valence-corrected chi connectivity index (χ3v) is 3.04. The molecule has 0 saturated carbocycles. The zero-order valence-corrected chi connectivity index (χ0v) is 9.86. The molecule has 1 aliphatic heterocycles. The van der Waals surface area contributed by atoms with Crippen LogP contribution in [0.15, 0.2) is 24.3 Å². The minimum absolute atomic E-state index is 0.331. The van der Waals surface area contributed by atoms with E-state index in [2.05, 4.69) is 26.0 Å². The Morgan fingerprint density at radius 1 is 1.44 bits per heavy atom. The van der Waals surface area contributed by atoms with Gasteiger partial charge in [0.2, 0.25) is 0 Å². The molecule has 1 aromatic rings. The molecule has 1 aliphatic rings. The Morgan fingerprint density at radius 2 is 2.19 bits per heavy atom. The van der Waals surface area contributed by atoms with E-state index in [1.165, 1.54) is 0 Å². The normalized spacial score (nSPS) is 23.4. The Morgan fingerprint density at radius 3 is 2.88 bits per heavy atom. The van der Waals surface area contributed by atoms with Crippen molar-refractivity contribution in [2.45, 2.75) is 26.7 Å². The predicted octanol–water partition coefficient (Wildman–Crippen LogP) is 3.18. The molecule has 0 aromatic heterocycles. The third-order valence-electron chi connectivity index (χ3n) is 3.04. The van der Waals surface area contributed by atoms with Gasteiger partial charge in [-0.3, -0.25) is 0 Å². The summed E-state index contributed by atoms with van der Waals surface area (Å²) in [5, 5.41) is 9.39. The van der Waals surface area contributed by atoms with E-state index in [9.17, 15) is 5.26 Å². The van der Waals surface area contributed by atoms with E-state index in [0.717, 1.165) is 24.2 Å². The van der Waals surface area contributed by atoms with E-state index in [1.807, 2.05) is 18.2 Å². The molecule has 0 fully saturated rings. The van der Waals surface area contributed by atoms with Gasteiger partial charge >= 0.3 is 0 Å². The maximum atomic E-state index is 9.39. The maximum absolute atomic E-state index is 9.39. The van der Waals surface area contributed by atoms with Gasteiger partial charge in [0.15, 0.2) is 0 Å². The lowest BCUT2D eigenvalue weighted by Crippen LogP contribution is -2.34. The summed E-state index contributed by atoms with van der Waals surface area (Å²) in [6, 6.07) is 10.5. The van der Waals surface area contributed by atoms with Crippen molar-refractivity contribution < 1.29 is 4.74 Å². The van der Waals surface area contributed by atoms with Gasteiger partial charge in [0.05, 0.1) is 11.5 Å². The number of ether oxygens (including phenoxy) is 1. The molecule has 1 atom stereocenters. The van der Waals surface area contributed by atoms with Crippen molar-refractivity contribution in [3.63, 3.8) is 0 Å². The van der Waals surface area contributed by atoms with Gasteiger partial charge in [0.1, 0.15) is 12.4 Å². The molecular formula is C14H17NO. The van der Waals surface area contributed by atoms with Gasteiger partial charge in [-0.1, -0.05) is 32.0 Å². The molecule has 84 valence electrons. The fraction of sp³-hybridized carbons (Fsp3) is 0.500. The number of hydrogen-bond acceptors (Lipinski definition) is 2. The topological polar surface area (TPSA) is 33.0 Å². The lowest BCUT2D eigenvalue weighted by Gasteiger charge is -2.33. The highest BCUT2D eigenvalue weighted by Crippen LogP contribution is 2.38. The van der Waals surface area contributed by atoms with Crippen molar-refractivity contribution in [1.82, 2.24) is 0 Å². The Labute approximate surface area is 96.9 Å². The van der Waals surface area contributed by atoms with Crippen LogP contribution >= 0.6 is 0 Å². The number of hydrogen-bond donors (Lipinski definition) is 0. The molecule has 0 N–H and O–H groups in total. The molecule has 2 heteroatoms. The number of nitriles is 1. The van der Waals surface area contributed by atoms with Gasteiger partial charge in [0.25, 0.3) is 0 Å². The molecule has 1 aromatic carbocycles. The third kappa shape index (κ3) is 2.04.